The smallest absolute Gasteiger partial charge is 0.224 e. The number of nitrogens with zero attached hydrogens (tertiary/aromatic N) is 1. The van der Waals surface area contributed by atoms with Crippen molar-refractivity contribution in [3.8, 4) is 0 Å². The summed E-state index contributed by atoms with van der Waals surface area (Å²) < 4.78 is 0. The molecule has 0 unspecified atom stereocenters. The summed E-state index contributed by atoms with van der Waals surface area (Å²) in [5.41, 5.74) is 2.74. The molecule has 0 saturated carbocycles. The highest BCUT2D eigenvalue weighted by atomic mass is 16.2. The fraction of sp³-hybridized carbons (Fsp3) is 0.391. The van der Waals surface area contributed by atoms with Crippen LogP contribution in [0.3, 0.4) is 0 Å². The normalized spacial score (nSPS) is 10.4. The van der Waals surface area contributed by atoms with Gasteiger partial charge in [-0.2, -0.15) is 0 Å². The second-order valence-electron chi connectivity index (χ2n) is 6.85. The minimum atomic E-state index is -0.0610. The minimum absolute atomic E-state index is 0.0610. The molecule has 0 aliphatic heterocycles. The zero-order valence-electron chi connectivity index (χ0n) is 16.9. The van der Waals surface area contributed by atoms with Crippen molar-refractivity contribution >= 4 is 28.9 Å². The Labute approximate surface area is 168 Å². The third-order valence-electron chi connectivity index (χ3n) is 4.37. The first-order valence-electron chi connectivity index (χ1n) is 10.1. The van der Waals surface area contributed by atoms with Crippen molar-refractivity contribution in [3.63, 3.8) is 0 Å². The van der Waals surface area contributed by atoms with Crippen LogP contribution in [0.2, 0.25) is 0 Å². The number of anilines is 3. The van der Waals surface area contributed by atoms with E-state index in [9.17, 15) is 9.59 Å². The quantitative estimate of drug-likeness (QED) is 0.563. The summed E-state index contributed by atoms with van der Waals surface area (Å²) in [5, 5.41) is 6.20. The van der Waals surface area contributed by atoms with E-state index in [2.05, 4.69) is 24.5 Å². The second-order valence-corrected chi connectivity index (χ2v) is 6.85. The van der Waals surface area contributed by atoms with Gasteiger partial charge >= 0.3 is 0 Å². The van der Waals surface area contributed by atoms with Crippen LogP contribution in [-0.4, -0.2) is 29.8 Å². The zero-order valence-corrected chi connectivity index (χ0v) is 16.9. The maximum atomic E-state index is 12.2. The number of carbonyl (C=O) groups excluding carboxylic acids is 2. The third kappa shape index (κ3) is 7.43. The Morgan fingerprint density at radius 2 is 1.36 bits per heavy atom. The van der Waals surface area contributed by atoms with Gasteiger partial charge in [0.05, 0.1) is 0 Å². The summed E-state index contributed by atoms with van der Waals surface area (Å²) in [6.07, 6.45) is 3.26. The van der Waals surface area contributed by atoms with Gasteiger partial charge in [-0.05, 0) is 55.7 Å². The molecule has 28 heavy (non-hydrogen) atoms. The topological polar surface area (TPSA) is 61.4 Å². The van der Waals surface area contributed by atoms with Crippen molar-refractivity contribution in [2.24, 2.45) is 0 Å². The van der Waals surface area contributed by atoms with Crippen LogP contribution < -0.4 is 10.6 Å². The summed E-state index contributed by atoms with van der Waals surface area (Å²) >= 11 is 0. The molecule has 0 bridgehead atoms. The molecule has 150 valence electrons. The van der Waals surface area contributed by atoms with Crippen LogP contribution in [0.4, 0.5) is 17.1 Å². The highest BCUT2D eigenvalue weighted by Gasteiger charge is 2.12. The van der Waals surface area contributed by atoms with Crippen LogP contribution in [0.1, 0.15) is 46.0 Å². The van der Waals surface area contributed by atoms with E-state index in [-0.39, 0.29) is 11.8 Å². The Morgan fingerprint density at radius 3 is 1.96 bits per heavy atom. The number of amides is 2. The number of para-hydroxylation sites is 1. The van der Waals surface area contributed by atoms with Gasteiger partial charge in [-0.15, -0.1) is 0 Å². The van der Waals surface area contributed by atoms with Crippen LogP contribution in [0, 0.1) is 0 Å². The van der Waals surface area contributed by atoms with Crippen molar-refractivity contribution in [1.82, 2.24) is 4.90 Å². The predicted octanol–water partition coefficient (Wildman–Crippen LogP) is 5.19. The number of hydrogen-bond donors (Lipinski definition) is 2. The molecular formula is C23H31N3O2. The highest BCUT2D eigenvalue weighted by Crippen LogP contribution is 2.19. The van der Waals surface area contributed by atoms with Crippen LogP contribution in [0.25, 0.3) is 0 Å². The van der Waals surface area contributed by atoms with Gasteiger partial charge in [0.1, 0.15) is 0 Å². The van der Waals surface area contributed by atoms with Crippen molar-refractivity contribution < 1.29 is 9.59 Å². The predicted molar refractivity (Wildman–Crippen MR) is 116 cm³/mol. The van der Waals surface area contributed by atoms with E-state index < -0.39 is 0 Å². The molecule has 2 aromatic rings. The molecule has 0 fully saturated rings. The van der Waals surface area contributed by atoms with Gasteiger partial charge in [0.2, 0.25) is 11.8 Å². The molecule has 5 heteroatoms. The van der Waals surface area contributed by atoms with E-state index in [1.165, 1.54) is 0 Å². The van der Waals surface area contributed by atoms with E-state index in [1.54, 1.807) is 0 Å². The number of nitrogens with one attached hydrogen (secondary N) is 2. The summed E-state index contributed by atoms with van der Waals surface area (Å²) in [4.78, 5) is 26.3. The average Bonchev–Trinajstić information content (AvgIpc) is 2.70. The Kier molecular flexibility index (Phi) is 9.05. The molecule has 2 rings (SSSR count). The van der Waals surface area contributed by atoms with Crippen molar-refractivity contribution in [2.45, 2.75) is 46.0 Å². The highest BCUT2D eigenvalue weighted by molar-refractivity contribution is 5.91. The van der Waals surface area contributed by atoms with Gasteiger partial charge in [-0.3, -0.25) is 9.59 Å². The van der Waals surface area contributed by atoms with E-state index >= 15 is 0 Å². The molecule has 0 heterocycles. The molecule has 0 aliphatic carbocycles. The molecule has 2 N–H and O–H groups in total. The molecule has 0 aromatic heterocycles. The summed E-state index contributed by atoms with van der Waals surface area (Å²) in [7, 11) is 0. The molecule has 0 aliphatic rings. The lowest BCUT2D eigenvalue weighted by atomic mass is 10.2. The Morgan fingerprint density at radius 1 is 0.786 bits per heavy atom. The van der Waals surface area contributed by atoms with Crippen molar-refractivity contribution in [1.29, 1.82) is 0 Å². The number of rotatable bonds is 11. The average molecular weight is 382 g/mol. The first kappa shape index (κ1) is 21.5. The van der Waals surface area contributed by atoms with Crippen LogP contribution in [0.15, 0.2) is 54.6 Å². The summed E-state index contributed by atoms with van der Waals surface area (Å²) in [6.45, 7) is 5.73. The van der Waals surface area contributed by atoms with Gasteiger partial charge in [0.15, 0.2) is 0 Å². The van der Waals surface area contributed by atoms with Gasteiger partial charge in [0.25, 0.3) is 0 Å². The van der Waals surface area contributed by atoms with E-state index in [1.807, 2.05) is 59.5 Å². The minimum Gasteiger partial charge on any atom is -0.356 e. The zero-order chi connectivity index (χ0) is 20.2. The van der Waals surface area contributed by atoms with E-state index in [4.69, 9.17) is 0 Å². The largest absolute Gasteiger partial charge is 0.356 e. The molecule has 0 spiro atoms. The van der Waals surface area contributed by atoms with Crippen LogP contribution in [0.5, 0.6) is 0 Å². The van der Waals surface area contributed by atoms with Gasteiger partial charge < -0.3 is 15.5 Å². The maximum Gasteiger partial charge on any atom is 0.224 e. The molecule has 0 radical (unpaired) electrons. The third-order valence-corrected chi connectivity index (χ3v) is 4.37. The van der Waals surface area contributed by atoms with Gasteiger partial charge in [-0.25, -0.2) is 0 Å². The first-order valence-corrected chi connectivity index (χ1v) is 10.1. The molecule has 0 saturated heterocycles. The van der Waals surface area contributed by atoms with Crippen LogP contribution >= 0.6 is 0 Å². The number of benzene rings is 2. The van der Waals surface area contributed by atoms with Crippen molar-refractivity contribution in [3.05, 3.63) is 54.6 Å². The Balaban J connectivity index is 1.74. The van der Waals surface area contributed by atoms with E-state index in [0.29, 0.717) is 19.3 Å². The van der Waals surface area contributed by atoms with Crippen molar-refractivity contribution in [2.75, 3.05) is 23.7 Å². The monoisotopic (exact) mass is 381 g/mol. The standard InChI is InChI=1S/C23H31N3O2/c1-3-17-26(18-4-2)23(28)12-8-11-22(27)25-21-15-13-20(14-16-21)24-19-9-6-5-7-10-19/h5-7,9-10,13-16,24H,3-4,8,11-12,17-18H2,1-2H3,(H,25,27). The van der Waals surface area contributed by atoms with Gasteiger partial charge in [-0.1, -0.05) is 32.0 Å². The first-order chi connectivity index (χ1) is 13.6. The number of hydrogen-bond acceptors (Lipinski definition) is 3. The van der Waals surface area contributed by atoms with Crippen LogP contribution in [-0.2, 0) is 9.59 Å². The van der Waals surface area contributed by atoms with E-state index in [0.717, 1.165) is 43.0 Å². The molecule has 5 nitrogen and oxygen atoms in total. The molecule has 0 atom stereocenters. The number of carbonyl (C=O) groups is 2. The Bertz CT molecular complexity index is 723. The molecule has 2 amide bonds. The fourth-order valence-electron chi connectivity index (χ4n) is 3.01. The lowest BCUT2D eigenvalue weighted by Crippen LogP contribution is -2.32. The summed E-state index contributed by atoms with van der Waals surface area (Å²) in [5.74, 6) is 0.0851. The summed E-state index contributed by atoms with van der Waals surface area (Å²) in [6, 6.07) is 17.5. The van der Waals surface area contributed by atoms with Gasteiger partial charge in [0, 0.05) is 43.0 Å². The lowest BCUT2D eigenvalue weighted by Gasteiger charge is -2.21. The second kappa shape index (κ2) is 11.8. The maximum absolute atomic E-state index is 12.2. The molecular weight excluding hydrogens is 350 g/mol. The fourth-order valence-corrected chi connectivity index (χ4v) is 3.01. The lowest BCUT2D eigenvalue weighted by molar-refractivity contribution is -0.131. The SMILES string of the molecule is CCCN(CCC)C(=O)CCCC(=O)Nc1ccc(Nc2ccccc2)cc1. The molecule has 2 aromatic carbocycles. The Hall–Kier alpha value is -2.82.